The van der Waals surface area contributed by atoms with E-state index in [2.05, 4.69) is 30.6 Å². The number of hydrogen-bond donors (Lipinski definition) is 1. The predicted molar refractivity (Wildman–Crippen MR) is 54.7 cm³/mol. The Morgan fingerprint density at radius 3 is 2.38 bits per heavy atom. The van der Waals surface area contributed by atoms with Crippen molar-refractivity contribution in [3.63, 3.8) is 0 Å². The second kappa shape index (κ2) is 4.42. The highest BCUT2D eigenvalue weighted by Gasteiger charge is 2.05. The summed E-state index contributed by atoms with van der Waals surface area (Å²) in [5.41, 5.74) is 9.18. The summed E-state index contributed by atoms with van der Waals surface area (Å²) in [6, 6.07) is 0. The maximum Gasteiger partial charge on any atom is 0.0625 e. The number of unbranched alkanes of at least 4 members (excludes halogenated alkanes) is 1. The van der Waals surface area contributed by atoms with Gasteiger partial charge in [-0.3, -0.25) is 4.68 Å². The van der Waals surface area contributed by atoms with Crippen LogP contribution < -0.4 is 5.73 Å². The van der Waals surface area contributed by atoms with E-state index < -0.39 is 0 Å². The van der Waals surface area contributed by atoms with Gasteiger partial charge in [-0.1, -0.05) is 0 Å². The second-order valence-electron chi connectivity index (χ2n) is 3.51. The van der Waals surface area contributed by atoms with Gasteiger partial charge in [0.15, 0.2) is 0 Å². The predicted octanol–water partition coefficient (Wildman–Crippen LogP) is 1.55. The van der Waals surface area contributed by atoms with Gasteiger partial charge in [0.1, 0.15) is 0 Å². The quantitative estimate of drug-likeness (QED) is 0.716. The fourth-order valence-corrected chi connectivity index (χ4v) is 1.41. The van der Waals surface area contributed by atoms with Crippen molar-refractivity contribution in [2.45, 2.75) is 40.2 Å². The topological polar surface area (TPSA) is 43.8 Å². The molecule has 1 aromatic heterocycles. The Labute approximate surface area is 79.9 Å². The molecule has 2 N–H and O–H groups in total. The lowest BCUT2D eigenvalue weighted by Gasteiger charge is -2.03. The first-order valence-electron chi connectivity index (χ1n) is 4.87. The van der Waals surface area contributed by atoms with E-state index in [9.17, 15) is 0 Å². The number of nitrogens with two attached hydrogens (primary N) is 1. The summed E-state index contributed by atoms with van der Waals surface area (Å²) in [6.45, 7) is 8.08. The van der Waals surface area contributed by atoms with Gasteiger partial charge in [-0.2, -0.15) is 5.10 Å². The molecule has 0 aromatic carbocycles. The van der Waals surface area contributed by atoms with Crippen LogP contribution in [0, 0.1) is 20.8 Å². The maximum absolute atomic E-state index is 5.44. The molecule has 0 unspecified atom stereocenters. The Balaban J connectivity index is 2.61. The molecule has 3 nitrogen and oxygen atoms in total. The van der Waals surface area contributed by atoms with Crippen LogP contribution in [0.4, 0.5) is 0 Å². The average molecular weight is 181 g/mol. The highest BCUT2D eigenvalue weighted by atomic mass is 15.3. The maximum atomic E-state index is 5.44. The van der Waals surface area contributed by atoms with E-state index in [1.165, 1.54) is 11.3 Å². The smallest absolute Gasteiger partial charge is 0.0625 e. The zero-order valence-electron chi connectivity index (χ0n) is 8.80. The van der Waals surface area contributed by atoms with Gasteiger partial charge in [-0.15, -0.1) is 0 Å². The summed E-state index contributed by atoms with van der Waals surface area (Å²) >= 11 is 0. The van der Waals surface area contributed by atoms with Crippen molar-refractivity contribution in [1.29, 1.82) is 0 Å². The van der Waals surface area contributed by atoms with E-state index in [0.29, 0.717) is 0 Å². The SMILES string of the molecule is Cc1nn(CCCCN)c(C)c1C. The van der Waals surface area contributed by atoms with E-state index in [1.807, 2.05) is 0 Å². The molecule has 0 radical (unpaired) electrons. The Morgan fingerprint density at radius 1 is 1.23 bits per heavy atom. The minimum absolute atomic E-state index is 0.776. The van der Waals surface area contributed by atoms with Crippen LogP contribution in [0.15, 0.2) is 0 Å². The summed E-state index contributed by atoms with van der Waals surface area (Å²) in [5, 5.41) is 4.46. The summed E-state index contributed by atoms with van der Waals surface area (Å²) in [5.74, 6) is 0. The van der Waals surface area contributed by atoms with E-state index >= 15 is 0 Å². The highest BCUT2D eigenvalue weighted by Crippen LogP contribution is 2.11. The molecule has 0 atom stereocenters. The number of hydrogen-bond acceptors (Lipinski definition) is 2. The molecule has 0 aliphatic rings. The van der Waals surface area contributed by atoms with Gasteiger partial charge in [-0.05, 0) is 45.7 Å². The lowest BCUT2D eigenvalue weighted by atomic mass is 10.2. The molecule has 3 heteroatoms. The van der Waals surface area contributed by atoms with Gasteiger partial charge in [0.25, 0.3) is 0 Å². The van der Waals surface area contributed by atoms with Gasteiger partial charge < -0.3 is 5.73 Å². The van der Waals surface area contributed by atoms with Crippen molar-refractivity contribution < 1.29 is 0 Å². The average Bonchev–Trinajstić information content (AvgIpc) is 2.34. The number of nitrogens with zero attached hydrogens (tertiary/aromatic N) is 2. The molecule has 1 heterocycles. The molecular formula is C10H19N3. The van der Waals surface area contributed by atoms with Crippen LogP contribution in [0.3, 0.4) is 0 Å². The molecule has 0 bridgehead atoms. The highest BCUT2D eigenvalue weighted by molar-refractivity contribution is 5.21. The molecule has 74 valence electrons. The van der Waals surface area contributed by atoms with Crippen molar-refractivity contribution in [2.24, 2.45) is 5.73 Å². The van der Waals surface area contributed by atoms with Crippen molar-refractivity contribution in [2.75, 3.05) is 6.54 Å². The van der Waals surface area contributed by atoms with Crippen molar-refractivity contribution in [3.8, 4) is 0 Å². The fourth-order valence-electron chi connectivity index (χ4n) is 1.41. The number of aryl methyl sites for hydroxylation is 2. The van der Waals surface area contributed by atoms with Crippen molar-refractivity contribution in [3.05, 3.63) is 17.0 Å². The number of aromatic nitrogens is 2. The zero-order chi connectivity index (χ0) is 9.84. The molecule has 0 saturated heterocycles. The minimum Gasteiger partial charge on any atom is -0.330 e. The second-order valence-corrected chi connectivity index (χ2v) is 3.51. The van der Waals surface area contributed by atoms with Crippen molar-refractivity contribution in [1.82, 2.24) is 9.78 Å². The summed E-state index contributed by atoms with van der Waals surface area (Å²) in [6.07, 6.45) is 2.20. The van der Waals surface area contributed by atoms with Crippen LogP contribution in [0.2, 0.25) is 0 Å². The Bertz CT molecular complexity index is 276. The number of rotatable bonds is 4. The minimum atomic E-state index is 0.776. The van der Waals surface area contributed by atoms with Crippen LogP contribution in [0.1, 0.15) is 29.8 Å². The van der Waals surface area contributed by atoms with Crippen LogP contribution >= 0.6 is 0 Å². The van der Waals surface area contributed by atoms with E-state index in [0.717, 1.165) is 31.6 Å². The molecule has 0 amide bonds. The third-order valence-electron chi connectivity index (χ3n) is 2.57. The van der Waals surface area contributed by atoms with Gasteiger partial charge >= 0.3 is 0 Å². The third kappa shape index (κ3) is 2.31. The fraction of sp³-hybridized carbons (Fsp3) is 0.700. The van der Waals surface area contributed by atoms with Gasteiger partial charge in [0.2, 0.25) is 0 Å². The zero-order valence-corrected chi connectivity index (χ0v) is 8.80. The monoisotopic (exact) mass is 181 g/mol. The van der Waals surface area contributed by atoms with Gasteiger partial charge in [0, 0.05) is 12.2 Å². The molecule has 1 aromatic rings. The molecule has 0 saturated carbocycles. The van der Waals surface area contributed by atoms with Gasteiger partial charge in [0.05, 0.1) is 5.69 Å². The van der Waals surface area contributed by atoms with Gasteiger partial charge in [-0.25, -0.2) is 0 Å². The molecule has 0 aliphatic carbocycles. The molecule has 13 heavy (non-hydrogen) atoms. The normalized spacial score (nSPS) is 10.8. The van der Waals surface area contributed by atoms with Crippen LogP contribution in [0.25, 0.3) is 0 Å². The Hall–Kier alpha value is -0.830. The molecule has 1 rings (SSSR count). The first-order valence-corrected chi connectivity index (χ1v) is 4.87. The van der Waals surface area contributed by atoms with Crippen molar-refractivity contribution >= 4 is 0 Å². The molecule has 0 spiro atoms. The molecule has 0 aliphatic heterocycles. The van der Waals surface area contributed by atoms with E-state index in [4.69, 9.17) is 5.73 Å². The summed E-state index contributed by atoms with van der Waals surface area (Å²) < 4.78 is 2.08. The van der Waals surface area contributed by atoms with E-state index in [-0.39, 0.29) is 0 Å². The summed E-state index contributed by atoms with van der Waals surface area (Å²) in [7, 11) is 0. The summed E-state index contributed by atoms with van der Waals surface area (Å²) in [4.78, 5) is 0. The standard InChI is InChI=1S/C10H19N3/c1-8-9(2)12-13(10(8)3)7-5-4-6-11/h4-7,11H2,1-3H3. The lowest BCUT2D eigenvalue weighted by molar-refractivity contribution is 0.547. The molecule has 0 fully saturated rings. The molecular weight excluding hydrogens is 162 g/mol. The van der Waals surface area contributed by atoms with Crippen LogP contribution in [-0.2, 0) is 6.54 Å². The first kappa shape index (κ1) is 10.3. The Kier molecular flexibility index (Phi) is 3.48. The third-order valence-corrected chi connectivity index (χ3v) is 2.57. The Morgan fingerprint density at radius 2 is 1.92 bits per heavy atom. The first-order chi connectivity index (χ1) is 6.16. The van der Waals surface area contributed by atoms with Crippen LogP contribution in [-0.4, -0.2) is 16.3 Å². The van der Waals surface area contributed by atoms with E-state index in [1.54, 1.807) is 0 Å². The largest absolute Gasteiger partial charge is 0.330 e. The lowest BCUT2D eigenvalue weighted by Crippen LogP contribution is -2.05. The van der Waals surface area contributed by atoms with Crippen LogP contribution in [0.5, 0.6) is 0 Å².